The van der Waals surface area contributed by atoms with Gasteiger partial charge in [-0.15, -0.1) is 6.58 Å². The zero-order chi connectivity index (χ0) is 21.3. The molecule has 8 nitrogen and oxygen atoms in total. The number of amides is 2. The molecule has 0 bridgehead atoms. The number of ether oxygens (including phenoxy) is 1. The summed E-state index contributed by atoms with van der Waals surface area (Å²) in [5.74, 6) is -0.102. The van der Waals surface area contributed by atoms with Gasteiger partial charge in [0.25, 0.3) is 11.8 Å². The monoisotopic (exact) mass is 417 g/mol. The van der Waals surface area contributed by atoms with Crippen molar-refractivity contribution < 1.29 is 22.7 Å². The number of hydrogen-bond acceptors (Lipinski definition) is 5. The van der Waals surface area contributed by atoms with E-state index >= 15 is 0 Å². The third-order valence-corrected chi connectivity index (χ3v) is 5.14. The fraction of sp³-hybridized carbons (Fsp3) is 0.200. The zero-order valence-corrected chi connectivity index (χ0v) is 16.8. The Morgan fingerprint density at radius 2 is 1.72 bits per heavy atom. The van der Waals surface area contributed by atoms with E-state index in [9.17, 15) is 18.0 Å². The molecule has 154 valence electrons. The molecular weight excluding hydrogens is 394 g/mol. The third kappa shape index (κ3) is 6.74. The Labute approximate surface area is 170 Å². The topological polar surface area (TPSA) is 114 Å². The number of benzene rings is 2. The lowest BCUT2D eigenvalue weighted by atomic mass is 10.2. The van der Waals surface area contributed by atoms with Gasteiger partial charge in [-0.3, -0.25) is 9.59 Å². The number of anilines is 1. The second-order valence-corrected chi connectivity index (χ2v) is 7.65. The Morgan fingerprint density at radius 1 is 1.07 bits per heavy atom. The van der Waals surface area contributed by atoms with Crippen molar-refractivity contribution in [3.05, 3.63) is 66.7 Å². The van der Waals surface area contributed by atoms with E-state index in [2.05, 4.69) is 21.9 Å². The lowest BCUT2D eigenvalue weighted by Gasteiger charge is -2.09. The highest BCUT2D eigenvalue weighted by Crippen LogP contribution is 2.17. The van der Waals surface area contributed by atoms with Crippen molar-refractivity contribution in [2.45, 2.75) is 11.8 Å². The van der Waals surface area contributed by atoms with Crippen LogP contribution in [0.2, 0.25) is 0 Å². The first-order valence-corrected chi connectivity index (χ1v) is 10.4. The van der Waals surface area contributed by atoms with E-state index in [1.165, 1.54) is 30.3 Å². The summed E-state index contributed by atoms with van der Waals surface area (Å²) in [6, 6.07) is 12.1. The summed E-state index contributed by atoms with van der Waals surface area (Å²) in [5, 5.41) is 5.34. The van der Waals surface area contributed by atoms with Crippen LogP contribution in [0.1, 0.15) is 17.3 Å². The normalized spacial score (nSPS) is 10.8. The summed E-state index contributed by atoms with van der Waals surface area (Å²) in [6.07, 6.45) is 1.44. The van der Waals surface area contributed by atoms with Gasteiger partial charge < -0.3 is 15.4 Å². The summed E-state index contributed by atoms with van der Waals surface area (Å²) in [6.45, 7) is 5.85. The van der Waals surface area contributed by atoms with Gasteiger partial charge in [0.15, 0.2) is 6.61 Å². The summed E-state index contributed by atoms with van der Waals surface area (Å²) in [5.41, 5.74) is 0.842. The van der Waals surface area contributed by atoms with Crippen LogP contribution in [0.15, 0.2) is 66.1 Å². The molecular formula is C20H23N3O5S. The smallest absolute Gasteiger partial charge is 0.257 e. The van der Waals surface area contributed by atoms with Crippen molar-refractivity contribution >= 4 is 27.5 Å². The maximum atomic E-state index is 12.3. The minimum Gasteiger partial charge on any atom is -0.484 e. The molecule has 0 saturated carbocycles. The fourth-order valence-electron chi connectivity index (χ4n) is 2.27. The van der Waals surface area contributed by atoms with Crippen molar-refractivity contribution in [1.29, 1.82) is 0 Å². The maximum absolute atomic E-state index is 12.3. The molecule has 2 aromatic rings. The molecule has 3 N–H and O–H groups in total. The third-order valence-electron chi connectivity index (χ3n) is 3.70. The standard InChI is InChI=1S/C20H23N3O5S/c1-3-13-22-29(26,27)18-11-5-15(6-12-18)20(25)23-16-7-9-17(10-8-16)28-14-19(24)21-4-2/h3,5-12,22H,1,4,13-14H2,2H3,(H,21,24)(H,23,25). The SMILES string of the molecule is C=CCNS(=O)(=O)c1ccc(C(=O)Nc2ccc(OCC(=O)NCC)cc2)cc1. The second-order valence-electron chi connectivity index (χ2n) is 5.89. The molecule has 9 heteroatoms. The van der Waals surface area contributed by atoms with Gasteiger partial charge in [0, 0.05) is 24.3 Å². The quantitative estimate of drug-likeness (QED) is 0.511. The van der Waals surface area contributed by atoms with Crippen LogP contribution in [0.25, 0.3) is 0 Å². The molecule has 0 atom stereocenters. The fourth-order valence-corrected chi connectivity index (χ4v) is 3.27. The van der Waals surface area contributed by atoms with E-state index in [-0.39, 0.29) is 29.9 Å². The second kappa shape index (κ2) is 10.4. The Bertz CT molecular complexity index is 955. The number of carbonyl (C=O) groups is 2. The van der Waals surface area contributed by atoms with Gasteiger partial charge in [-0.25, -0.2) is 13.1 Å². The summed E-state index contributed by atoms with van der Waals surface area (Å²) in [4.78, 5) is 23.8. The van der Waals surface area contributed by atoms with Crippen molar-refractivity contribution in [2.24, 2.45) is 0 Å². The summed E-state index contributed by atoms with van der Waals surface area (Å²) in [7, 11) is -3.64. The van der Waals surface area contributed by atoms with Crippen LogP contribution in [0.4, 0.5) is 5.69 Å². The van der Waals surface area contributed by atoms with Crippen molar-refractivity contribution in [3.8, 4) is 5.75 Å². The van der Waals surface area contributed by atoms with Crippen molar-refractivity contribution in [3.63, 3.8) is 0 Å². The first-order valence-electron chi connectivity index (χ1n) is 8.87. The van der Waals surface area contributed by atoms with Gasteiger partial charge in [-0.05, 0) is 55.5 Å². The van der Waals surface area contributed by atoms with Crippen LogP contribution in [0.3, 0.4) is 0 Å². The average Bonchev–Trinajstić information content (AvgIpc) is 2.72. The zero-order valence-electron chi connectivity index (χ0n) is 16.0. The van der Waals surface area contributed by atoms with Gasteiger partial charge in [0.1, 0.15) is 5.75 Å². The van der Waals surface area contributed by atoms with Gasteiger partial charge in [-0.1, -0.05) is 6.08 Å². The molecule has 0 aromatic heterocycles. The molecule has 0 fully saturated rings. The Kier molecular flexibility index (Phi) is 7.93. The van der Waals surface area contributed by atoms with Crippen LogP contribution < -0.4 is 20.1 Å². The van der Waals surface area contributed by atoms with E-state index in [0.717, 1.165) is 0 Å². The molecule has 0 aliphatic carbocycles. The molecule has 0 unspecified atom stereocenters. The van der Waals surface area contributed by atoms with E-state index in [1.54, 1.807) is 24.3 Å². The van der Waals surface area contributed by atoms with E-state index < -0.39 is 10.0 Å². The minimum absolute atomic E-state index is 0.0597. The van der Waals surface area contributed by atoms with E-state index in [4.69, 9.17) is 4.74 Å². The first-order chi connectivity index (χ1) is 13.9. The molecule has 0 aliphatic rings. The predicted molar refractivity (Wildman–Crippen MR) is 110 cm³/mol. The molecule has 0 heterocycles. The number of rotatable bonds is 10. The number of nitrogens with one attached hydrogen (secondary N) is 3. The molecule has 2 rings (SSSR count). The number of sulfonamides is 1. The average molecular weight is 417 g/mol. The van der Waals surface area contributed by atoms with Crippen LogP contribution in [-0.2, 0) is 14.8 Å². The highest BCUT2D eigenvalue weighted by Gasteiger charge is 2.14. The van der Waals surface area contributed by atoms with Gasteiger partial charge in [-0.2, -0.15) is 0 Å². The molecule has 0 aliphatic heterocycles. The van der Waals surface area contributed by atoms with Gasteiger partial charge in [0.05, 0.1) is 4.90 Å². The first kappa shape index (κ1) is 22.1. The van der Waals surface area contributed by atoms with E-state index in [0.29, 0.717) is 23.5 Å². The summed E-state index contributed by atoms with van der Waals surface area (Å²) >= 11 is 0. The Balaban J connectivity index is 1.96. The molecule has 29 heavy (non-hydrogen) atoms. The highest BCUT2D eigenvalue weighted by molar-refractivity contribution is 7.89. The minimum atomic E-state index is -3.64. The van der Waals surface area contributed by atoms with Crippen LogP contribution >= 0.6 is 0 Å². The predicted octanol–water partition coefficient (Wildman–Crippen LogP) is 1.92. The summed E-state index contributed by atoms with van der Waals surface area (Å²) < 4.78 is 31.8. The van der Waals surface area contributed by atoms with Crippen LogP contribution in [0, 0.1) is 0 Å². The van der Waals surface area contributed by atoms with Crippen LogP contribution in [0.5, 0.6) is 5.75 Å². The molecule has 0 saturated heterocycles. The molecule has 0 radical (unpaired) electrons. The lowest BCUT2D eigenvalue weighted by Crippen LogP contribution is -2.28. The molecule has 2 aromatic carbocycles. The molecule has 2 amide bonds. The number of likely N-dealkylation sites (N-methyl/N-ethyl adjacent to an activating group) is 1. The van der Waals surface area contributed by atoms with Gasteiger partial charge >= 0.3 is 0 Å². The van der Waals surface area contributed by atoms with Crippen LogP contribution in [-0.4, -0.2) is 39.9 Å². The van der Waals surface area contributed by atoms with Crippen molar-refractivity contribution in [2.75, 3.05) is 25.0 Å². The number of carbonyl (C=O) groups excluding carboxylic acids is 2. The Morgan fingerprint density at radius 3 is 2.31 bits per heavy atom. The maximum Gasteiger partial charge on any atom is 0.257 e. The Hall–Kier alpha value is -3.17. The van der Waals surface area contributed by atoms with Gasteiger partial charge in [0.2, 0.25) is 10.0 Å². The van der Waals surface area contributed by atoms with E-state index in [1.807, 2.05) is 6.92 Å². The molecule has 0 spiro atoms. The van der Waals surface area contributed by atoms with Crippen molar-refractivity contribution in [1.82, 2.24) is 10.0 Å². The lowest BCUT2D eigenvalue weighted by molar-refractivity contribution is -0.122. The number of hydrogen-bond donors (Lipinski definition) is 3. The highest BCUT2D eigenvalue weighted by atomic mass is 32.2. The largest absolute Gasteiger partial charge is 0.484 e.